The SMILES string of the molecule is COc1ccc2ncc(F)c(C(N)CCC3CCN(CCSc4cc(F)ccc4F)CC3C(=O)O)c2c1. The molecule has 1 aromatic heterocycles. The molecule has 0 aliphatic carbocycles. The zero-order valence-corrected chi connectivity index (χ0v) is 21.3. The van der Waals surface area contributed by atoms with Crippen molar-refractivity contribution >= 4 is 28.6 Å². The molecule has 0 saturated carbocycles. The fourth-order valence-corrected chi connectivity index (χ4v) is 5.95. The van der Waals surface area contributed by atoms with Crippen molar-refractivity contribution in [1.82, 2.24) is 9.88 Å². The molecule has 2 aromatic carbocycles. The van der Waals surface area contributed by atoms with E-state index in [-0.39, 0.29) is 10.8 Å². The Bertz CT molecular complexity index is 1260. The van der Waals surface area contributed by atoms with Crippen molar-refractivity contribution in [3.63, 3.8) is 0 Å². The van der Waals surface area contributed by atoms with Crippen LogP contribution in [0.3, 0.4) is 0 Å². The molecule has 0 bridgehead atoms. The predicted octanol–water partition coefficient (Wildman–Crippen LogP) is 5.26. The maximum absolute atomic E-state index is 14.8. The van der Waals surface area contributed by atoms with Crippen molar-refractivity contribution in [1.29, 1.82) is 0 Å². The number of aliphatic carboxylic acids is 1. The molecule has 3 N–H and O–H groups in total. The summed E-state index contributed by atoms with van der Waals surface area (Å²) in [4.78, 5) is 18.5. The van der Waals surface area contributed by atoms with Gasteiger partial charge in [-0.1, -0.05) is 0 Å². The summed E-state index contributed by atoms with van der Waals surface area (Å²) in [6.07, 6.45) is 2.80. The van der Waals surface area contributed by atoms with Crippen LogP contribution in [0.15, 0.2) is 47.5 Å². The number of nitrogens with two attached hydrogens (primary N) is 1. The van der Waals surface area contributed by atoms with Crippen molar-refractivity contribution in [3.05, 3.63) is 65.6 Å². The number of nitrogens with zero attached hydrogens (tertiary/aromatic N) is 2. The number of pyridine rings is 1. The van der Waals surface area contributed by atoms with Crippen LogP contribution in [-0.4, -0.2) is 53.5 Å². The lowest BCUT2D eigenvalue weighted by Gasteiger charge is -2.37. The van der Waals surface area contributed by atoms with Crippen molar-refractivity contribution in [3.8, 4) is 5.75 Å². The summed E-state index contributed by atoms with van der Waals surface area (Å²) in [6, 6.07) is 7.94. The second-order valence-electron chi connectivity index (χ2n) is 9.30. The fourth-order valence-electron chi connectivity index (χ4n) is 4.98. The molecule has 3 atom stereocenters. The minimum atomic E-state index is -0.877. The van der Waals surface area contributed by atoms with E-state index in [2.05, 4.69) is 4.98 Å². The first-order chi connectivity index (χ1) is 17.8. The summed E-state index contributed by atoms with van der Waals surface area (Å²) in [7, 11) is 1.53. The first kappa shape index (κ1) is 27.2. The van der Waals surface area contributed by atoms with Crippen LogP contribution in [0.25, 0.3) is 10.9 Å². The van der Waals surface area contributed by atoms with Gasteiger partial charge in [0, 0.05) is 40.7 Å². The molecule has 1 aliphatic heterocycles. The van der Waals surface area contributed by atoms with Gasteiger partial charge in [0.2, 0.25) is 0 Å². The standard InChI is InChI=1S/C27H30F3N3O3S/c1-36-18-4-7-24-19(13-18)26(22(30)14-32-24)23(31)6-2-16-8-9-33(15-20(16)27(34)35)10-11-37-25-12-17(28)3-5-21(25)29/h3-5,7,12-14,16,20,23H,2,6,8-11,15,31H2,1H3,(H,34,35). The first-order valence-electron chi connectivity index (χ1n) is 12.2. The molecular formula is C27H30F3N3O3S. The Morgan fingerprint density at radius 3 is 2.81 bits per heavy atom. The van der Waals surface area contributed by atoms with Crippen molar-refractivity contribution < 1.29 is 27.8 Å². The Hall–Kier alpha value is -2.82. The molecule has 2 heterocycles. The van der Waals surface area contributed by atoms with Crippen LogP contribution in [0.2, 0.25) is 0 Å². The Labute approximate surface area is 218 Å². The molecule has 3 aromatic rings. The highest BCUT2D eigenvalue weighted by molar-refractivity contribution is 7.99. The number of fused-ring (bicyclic) bond motifs is 1. The van der Waals surface area contributed by atoms with E-state index in [4.69, 9.17) is 10.5 Å². The third kappa shape index (κ3) is 6.55. The van der Waals surface area contributed by atoms with Gasteiger partial charge in [-0.05, 0) is 68.1 Å². The summed E-state index contributed by atoms with van der Waals surface area (Å²) in [5.74, 6) is -1.93. The second-order valence-corrected chi connectivity index (χ2v) is 10.4. The molecule has 1 fully saturated rings. The van der Waals surface area contributed by atoms with Crippen molar-refractivity contribution in [2.24, 2.45) is 17.6 Å². The molecular weight excluding hydrogens is 503 g/mol. The number of methoxy groups -OCH3 is 1. The van der Waals surface area contributed by atoms with E-state index in [0.29, 0.717) is 66.9 Å². The van der Waals surface area contributed by atoms with E-state index in [1.165, 1.54) is 24.9 Å². The Balaban J connectivity index is 1.36. The van der Waals surface area contributed by atoms with Gasteiger partial charge in [-0.25, -0.2) is 13.2 Å². The van der Waals surface area contributed by atoms with Crippen molar-refractivity contribution in [2.75, 3.05) is 32.5 Å². The van der Waals surface area contributed by atoms with E-state index < -0.39 is 35.4 Å². The third-order valence-corrected chi connectivity index (χ3v) is 8.01. The minimum absolute atomic E-state index is 0.0983. The monoisotopic (exact) mass is 533 g/mol. The lowest BCUT2D eigenvalue weighted by Crippen LogP contribution is -2.44. The average molecular weight is 534 g/mol. The summed E-state index contributed by atoms with van der Waals surface area (Å²) >= 11 is 1.21. The van der Waals surface area contributed by atoms with Gasteiger partial charge in [0.15, 0.2) is 0 Å². The first-order valence-corrected chi connectivity index (χ1v) is 13.2. The summed E-state index contributed by atoms with van der Waals surface area (Å²) in [6.45, 7) is 1.62. The van der Waals surface area contributed by atoms with Crippen LogP contribution in [0.4, 0.5) is 13.2 Å². The van der Waals surface area contributed by atoms with E-state index in [1.54, 1.807) is 18.2 Å². The number of carboxylic acid groups (broad SMARTS) is 1. The molecule has 3 unspecified atom stereocenters. The number of hydrogen-bond acceptors (Lipinski definition) is 6. The predicted molar refractivity (Wildman–Crippen MR) is 137 cm³/mol. The van der Waals surface area contributed by atoms with Gasteiger partial charge in [-0.2, -0.15) is 0 Å². The van der Waals surface area contributed by atoms with Crippen LogP contribution < -0.4 is 10.5 Å². The van der Waals surface area contributed by atoms with Gasteiger partial charge in [0.25, 0.3) is 0 Å². The van der Waals surface area contributed by atoms with Gasteiger partial charge >= 0.3 is 5.97 Å². The highest BCUT2D eigenvalue weighted by atomic mass is 32.2. The van der Waals surface area contributed by atoms with Crippen LogP contribution in [0, 0.1) is 29.3 Å². The summed E-state index contributed by atoms with van der Waals surface area (Å²) < 4.78 is 47.3. The molecule has 0 spiro atoms. The number of halogens is 3. The maximum Gasteiger partial charge on any atom is 0.308 e. The quantitative estimate of drug-likeness (QED) is 0.344. The van der Waals surface area contributed by atoms with E-state index >= 15 is 0 Å². The number of aromatic nitrogens is 1. The van der Waals surface area contributed by atoms with E-state index in [0.717, 1.165) is 18.3 Å². The van der Waals surface area contributed by atoms with Gasteiger partial charge < -0.3 is 20.5 Å². The maximum atomic E-state index is 14.8. The van der Waals surface area contributed by atoms with E-state index in [1.807, 2.05) is 4.90 Å². The lowest BCUT2D eigenvalue weighted by molar-refractivity contribution is -0.146. The van der Waals surface area contributed by atoms with Crippen LogP contribution in [0.5, 0.6) is 5.75 Å². The lowest BCUT2D eigenvalue weighted by atomic mass is 9.81. The molecule has 0 amide bonds. The Kier molecular flexibility index (Phi) is 8.94. The molecule has 4 rings (SSSR count). The number of rotatable bonds is 10. The number of carboxylic acids is 1. The number of benzene rings is 2. The number of likely N-dealkylation sites (tertiary alicyclic amines) is 1. The molecule has 1 aliphatic rings. The van der Waals surface area contributed by atoms with Gasteiger partial charge in [0.1, 0.15) is 23.2 Å². The van der Waals surface area contributed by atoms with Gasteiger partial charge in [-0.3, -0.25) is 9.78 Å². The molecule has 6 nitrogen and oxygen atoms in total. The van der Waals surface area contributed by atoms with Crippen LogP contribution in [0.1, 0.15) is 30.9 Å². The van der Waals surface area contributed by atoms with Crippen molar-refractivity contribution in [2.45, 2.75) is 30.2 Å². The average Bonchev–Trinajstić information content (AvgIpc) is 2.89. The molecule has 198 valence electrons. The zero-order chi connectivity index (χ0) is 26.5. The molecule has 10 heteroatoms. The second kappa shape index (κ2) is 12.1. The smallest absolute Gasteiger partial charge is 0.308 e. The number of ether oxygens (including phenoxy) is 1. The number of hydrogen-bond donors (Lipinski definition) is 2. The van der Waals surface area contributed by atoms with Gasteiger partial charge in [0.05, 0.1) is 24.7 Å². The fraction of sp³-hybridized carbons (Fsp3) is 0.407. The Morgan fingerprint density at radius 1 is 1.24 bits per heavy atom. The molecule has 1 saturated heterocycles. The summed E-state index contributed by atoms with van der Waals surface area (Å²) in [5.41, 5.74) is 7.40. The highest BCUT2D eigenvalue weighted by Gasteiger charge is 2.34. The Morgan fingerprint density at radius 2 is 2.05 bits per heavy atom. The molecule has 37 heavy (non-hydrogen) atoms. The normalized spacial score (nSPS) is 19.2. The molecule has 0 radical (unpaired) electrons. The summed E-state index contributed by atoms with van der Waals surface area (Å²) in [5, 5.41) is 10.5. The topological polar surface area (TPSA) is 88.7 Å². The van der Waals surface area contributed by atoms with Gasteiger partial charge in [-0.15, -0.1) is 11.8 Å². The third-order valence-electron chi connectivity index (χ3n) is 7.00. The van der Waals surface area contributed by atoms with Crippen LogP contribution >= 0.6 is 11.8 Å². The van der Waals surface area contributed by atoms with E-state index in [9.17, 15) is 23.1 Å². The number of carbonyl (C=O) groups is 1. The minimum Gasteiger partial charge on any atom is -0.497 e. The largest absolute Gasteiger partial charge is 0.497 e. The van der Waals surface area contributed by atoms with Crippen LogP contribution in [-0.2, 0) is 4.79 Å². The number of thioether (sulfide) groups is 1. The highest BCUT2D eigenvalue weighted by Crippen LogP contribution is 2.34. The zero-order valence-electron chi connectivity index (χ0n) is 20.5. The number of piperidine rings is 1.